The quantitative estimate of drug-likeness (QED) is 0.485. The highest BCUT2D eigenvalue weighted by Crippen LogP contribution is 2.08. The monoisotopic (exact) mass is 228 g/mol. The van der Waals surface area contributed by atoms with Crippen LogP contribution in [-0.4, -0.2) is 14.4 Å². The van der Waals surface area contributed by atoms with Gasteiger partial charge in [-0.15, -0.1) is 4.40 Å². The zero-order valence-corrected chi connectivity index (χ0v) is 8.95. The third-order valence-electron chi connectivity index (χ3n) is 1.52. The number of nitrogens with zero attached hydrogens (tertiary/aromatic N) is 1. The molecule has 5 N–H and O–H groups in total. The lowest BCUT2D eigenvalue weighted by molar-refractivity contribution is 0.599. The summed E-state index contributed by atoms with van der Waals surface area (Å²) in [4.78, 5) is 0. The van der Waals surface area contributed by atoms with Crippen molar-refractivity contribution >= 4 is 21.9 Å². The zero-order chi connectivity index (χ0) is 11.5. The van der Waals surface area contributed by atoms with E-state index in [2.05, 4.69) is 14.9 Å². The van der Waals surface area contributed by atoms with E-state index in [4.69, 9.17) is 5.73 Å². The first-order valence-electron chi connectivity index (χ1n) is 4.09. The van der Waals surface area contributed by atoms with Crippen molar-refractivity contribution < 1.29 is 8.42 Å². The minimum absolute atomic E-state index is 0.261. The second-order valence-corrected chi connectivity index (χ2v) is 4.20. The summed E-state index contributed by atoms with van der Waals surface area (Å²) in [6.07, 6.45) is 0. The molecule has 6 nitrogen and oxygen atoms in total. The molecule has 15 heavy (non-hydrogen) atoms. The molecule has 0 saturated heterocycles. The Morgan fingerprint density at radius 1 is 1.47 bits per heavy atom. The van der Waals surface area contributed by atoms with Crippen LogP contribution in [0.4, 0.5) is 5.69 Å². The van der Waals surface area contributed by atoms with Gasteiger partial charge in [-0.3, -0.25) is 0 Å². The summed E-state index contributed by atoms with van der Waals surface area (Å²) in [6.45, 7) is 1.90. The van der Waals surface area contributed by atoms with E-state index in [1.165, 1.54) is 0 Å². The van der Waals surface area contributed by atoms with E-state index in [1.54, 1.807) is 12.1 Å². The predicted molar refractivity (Wildman–Crippen MR) is 59.5 cm³/mol. The van der Waals surface area contributed by atoms with Crippen LogP contribution in [0.25, 0.3) is 0 Å². The molecule has 0 bridgehead atoms. The fraction of sp³-hybridized carbons (Fsp3) is 0.125. The second kappa shape index (κ2) is 4.28. The first-order chi connectivity index (χ1) is 6.87. The van der Waals surface area contributed by atoms with Crippen LogP contribution in [-0.2, 0) is 10.2 Å². The maximum absolute atomic E-state index is 10.6. The van der Waals surface area contributed by atoms with E-state index in [0.717, 1.165) is 5.56 Å². The minimum atomic E-state index is -3.95. The molecule has 1 aromatic carbocycles. The number of aryl methyl sites for hydroxylation is 1. The number of nitrogens with two attached hydrogens (primary N) is 2. The number of hydrogen-bond acceptors (Lipinski definition) is 2. The van der Waals surface area contributed by atoms with Gasteiger partial charge >= 0.3 is 10.2 Å². The zero-order valence-electron chi connectivity index (χ0n) is 8.14. The fourth-order valence-corrected chi connectivity index (χ4v) is 1.35. The lowest BCUT2D eigenvalue weighted by atomic mass is 10.2. The van der Waals surface area contributed by atoms with Crippen molar-refractivity contribution in [3.63, 3.8) is 0 Å². The predicted octanol–water partition coefficient (Wildman–Crippen LogP) is -0.0749. The van der Waals surface area contributed by atoms with Gasteiger partial charge in [0, 0.05) is 5.69 Å². The summed E-state index contributed by atoms with van der Waals surface area (Å²) in [7, 11) is -3.95. The van der Waals surface area contributed by atoms with Gasteiger partial charge in [0.1, 0.15) is 0 Å². The van der Waals surface area contributed by atoms with Crippen LogP contribution in [0.3, 0.4) is 0 Å². The Morgan fingerprint density at radius 3 is 2.67 bits per heavy atom. The molecule has 0 fully saturated rings. The largest absolute Gasteiger partial charge is 0.369 e. The van der Waals surface area contributed by atoms with Gasteiger partial charge in [-0.25, -0.2) is 5.14 Å². The van der Waals surface area contributed by atoms with Crippen molar-refractivity contribution in [2.24, 2.45) is 15.3 Å². The molecule has 0 unspecified atom stereocenters. The summed E-state index contributed by atoms with van der Waals surface area (Å²) in [5, 5.41) is 7.29. The average molecular weight is 228 g/mol. The van der Waals surface area contributed by atoms with Gasteiger partial charge in [0.05, 0.1) is 0 Å². The molecule has 82 valence electrons. The highest BCUT2D eigenvalue weighted by atomic mass is 32.2. The number of benzene rings is 1. The average Bonchev–Trinajstić information content (AvgIpc) is 1.99. The molecule has 0 spiro atoms. The summed E-state index contributed by atoms with van der Waals surface area (Å²) < 4.78 is 24.2. The van der Waals surface area contributed by atoms with E-state index in [9.17, 15) is 8.42 Å². The molecule has 0 aliphatic rings. The Bertz CT molecular complexity index is 481. The van der Waals surface area contributed by atoms with Gasteiger partial charge in [0.15, 0.2) is 0 Å². The lowest BCUT2D eigenvalue weighted by Crippen LogP contribution is -2.25. The topological polar surface area (TPSA) is 111 Å². The fourth-order valence-electron chi connectivity index (χ4n) is 1.03. The summed E-state index contributed by atoms with van der Waals surface area (Å²) in [5.41, 5.74) is 6.99. The molecular weight excluding hydrogens is 216 g/mol. The summed E-state index contributed by atoms with van der Waals surface area (Å²) >= 11 is 0. The Labute approximate surface area is 88.2 Å². The smallest absolute Gasteiger partial charge is 0.320 e. The summed E-state index contributed by atoms with van der Waals surface area (Å²) in [5.74, 6) is -0.261. The molecule has 1 aromatic rings. The van der Waals surface area contributed by atoms with Crippen LogP contribution in [0.2, 0.25) is 0 Å². The SMILES string of the molecule is Cc1cccc(NC(N)=NS(N)(=O)=O)c1. The van der Waals surface area contributed by atoms with E-state index < -0.39 is 10.2 Å². The molecule has 7 heteroatoms. The highest BCUT2D eigenvalue weighted by Gasteiger charge is 2.01. The van der Waals surface area contributed by atoms with Crippen LogP contribution >= 0.6 is 0 Å². The summed E-state index contributed by atoms with van der Waals surface area (Å²) in [6, 6.07) is 7.24. The van der Waals surface area contributed by atoms with Crippen LogP contribution in [0, 0.1) is 6.92 Å². The molecule has 0 saturated carbocycles. The molecule has 0 aliphatic heterocycles. The van der Waals surface area contributed by atoms with Crippen LogP contribution < -0.4 is 16.2 Å². The number of anilines is 1. The van der Waals surface area contributed by atoms with Crippen molar-refractivity contribution in [2.45, 2.75) is 6.92 Å². The van der Waals surface area contributed by atoms with Crippen molar-refractivity contribution in [3.05, 3.63) is 29.8 Å². The maximum atomic E-state index is 10.6. The molecular formula is C8H12N4O2S. The van der Waals surface area contributed by atoms with E-state index >= 15 is 0 Å². The van der Waals surface area contributed by atoms with E-state index in [0.29, 0.717) is 5.69 Å². The second-order valence-electron chi connectivity index (χ2n) is 2.99. The third kappa shape index (κ3) is 4.43. The molecule has 0 aromatic heterocycles. The molecule has 0 radical (unpaired) electrons. The van der Waals surface area contributed by atoms with E-state index in [1.807, 2.05) is 19.1 Å². The van der Waals surface area contributed by atoms with Gasteiger partial charge in [-0.05, 0) is 24.6 Å². The Balaban J connectivity index is 2.84. The van der Waals surface area contributed by atoms with Gasteiger partial charge in [0.25, 0.3) is 0 Å². The first-order valence-corrected chi connectivity index (χ1v) is 5.59. The third-order valence-corrected chi connectivity index (χ3v) is 1.97. The molecule has 1 rings (SSSR count). The number of rotatable bonds is 2. The standard InChI is InChI=1S/C8H12N4O2S/c1-6-3-2-4-7(5-6)11-8(9)12-15(10,13)14/h2-5H,1H3,(H3,9,11,12)(H2,10,13,14). The molecule has 0 amide bonds. The van der Waals surface area contributed by atoms with Gasteiger partial charge in [0.2, 0.25) is 5.96 Å². The number of hydrogen-bond donors (Lipinski definition) is 3. The molecule has 0 aliphatic carbocycles. The minimum Gasteiger partial charge on any atom is -0.369 e. The normalized spacial score (nSPS) is 12.5. The maximum Gasteiger partial charge on any atom is 0.320 e. The van der Waals surface area contributed by atoms with Gasteiger partial charge in [-0.1, -0.05) is 12.1 Å². The Hall–Kier alpha value is -1.60. The van der Waals surface area contributed by atoms with Crippen molar-refractivity contribution in [1.29, 1.82) is 0 Å². The van der Waals surface area contributed by atoms with E-state index in [-0.39, 0.29) is 5.96 Å². The number of nitrogens with one attached hydrogen (secondary N) is 1. The van der Waals surface area contributed by atoms with Crippen LogP contribution in [0.1, 0.15) is 5.56 Å². The van der Waals surface area contributed by atoms with Crippen molar-refractivity contribution in [2.75, 3.05) is 5.32 Å². The molecule has 0 heterocycles. The van der Waals surface area contributed by atoms with Gasteiger partial charge < -0.3 is 11.1 Å². The van der Waals surface area contributed by atoms with Crippen LogP contribution in [0.15, 0.2) is 28.7 Å². The van der Waals surface area contributed by atoms with Crippen molar-refractivity contribution in [3.8, 4) is 0 Å². The highest BCUT2D eigenvalue weighted by molar-refractivity contribution is 7.88. The Kier molecular flexibility index (Phi) is 3.28. The molecule has 0 atom stereocenters. The van der Waals surface area contributed by atoms with Crippen LogP contribution in [0.5, 0.6) is 0 Å². The lowest BCUT2D eigenvalue weighted by Gasteiger charge is -2.04. The Morgan fingerprint density at radius 2 is 2.13 bits per heavy atom. The van der Waals surface area contributed by atoms with Crippen molar-refractivity contribution in [1.82, 2.24) is 0 Å². The number of guanidine groups is 1. The van der Waals surface area contributed by atoms with Gasteiger partial charge in [-0.2, -0.15) is 8.42 Å². The first kappa shape index (κ1) is 11.5.